The number of carbonyl (C=O) groups excluding carboxylic acids is 1. The van der Waals surface area contributed by atoms with Crippen LogP contribution in [0.1, 0.15) is 27.2 Å². The van der Waals surface area contributed by atoms with Crippen LogP contribution in [-0.2, 0) is 4.79 Å². The number of aromatic amines is 2. The Labute approximate surface area is 218 Å². The number of aromatic nitrogens is 5. The van der Waals surface area contributed by atoms with E-state index in [4.69, 9.17) is 0 Å². The Hall–Kier alpha value is -4.30. The highest BCUT2D eigenvalue weighted by molar-refractivity contribution is 7.08. The molecular formula is C29H26N6OS. The van der Waals surface area contributed by atoms with E-state index in [2.05, 4.69) is 59.4 Å². The van der Waals surface area contributed by atoms with Gasteiger partial charge >= 0.3 is 0 Å². The number of pyridine rings is 2. The standard InChI is InChI=1S/C29H26N6OS/c1-29(2,3)13-26(36)32-20-10-19(14-30-15-20)17-4-5-24-21(11-17)28(35-34-24)25-12-22-23(33-25)6-8-31-27(22)18-7-9-37-16-18/h4-12,14-16,33H,13H2,1-3H3,(H,32,36)(H,34,35). The van der Waals surface area contributed by atoms with Gasteiger partial charge in [0.15, 0.2) is 0 Å². The molecule has 6 rings (SSSR count). The van der Waals surface area contributed by atoms with Crippen LogP contribution in [0.5, 0.6) is 0 Å². The fraction of sp³-hybridized carbons (Fsp3) is 0.172. The monoisotopic (exact) mass is 506 g/mol. The second-order valence-electron chi connectivity index (χ2n) is 10.4. The molecule has 7 nitrogen and oxygen atoms in total. The molecule has 0 aliphatic heterocycles. The van der Waals surface area contributed by atoms with Crippen LogP contribution in [0, 0.1) is 5.41 Å². The molecule has 5 heterocycles. The van der Waals surface area contributed by atoms with Gasteiger partial charge < -0.3 is 10.3 Å². The molecule has 0 unspecified atom stereocenters. The van der Waals surface area contributed by atoms with E-state index in [0.717, 1.165) is 55.6 Å². The number of nitrogens with zero attached hydrogens (tertiary/aromatic N) is 3. The second kappa shape index (κ2) is 8.97. The lowest BCUT2D eigenvalue weighted by Gasteiger charge is -2.17. The molecule has 0 spiro atoms. The van der Waals surface area contributed by atoms with Crippen LogP contribution in [0.25, 0.3) is 55.6 Å². The maximum Gasteiger partial charge on any atom is 0.224 e. The molecule has 0 radical (unpaired) electrons. The Morgan fingerprint density at radius 1 is 0.946 bits per heavy atom. The van der Waals surface area contributed by atoms with Crippen LogP contribution in [0.15, 0.2) is 71.8 Å². The van der Waals surface area contributed by atoms with E-state index in [1.807, 2.05) is 57.4 Å². The molecule has 0 bridgehead atoms. The summed E-state index contributed by atoms with van der Waals surface area (Å²) in [6, 6.07) is 14.3. The number of hydrogen-bond acceptors (Lipinski definition) is 5. The molecule has 8 heteroatoms. The molecule has 184 valence electrons. The molecule has 0 aliphatic carbocycles. The maximum absolute atomic E-state index is 12.4. The molecule has 37 heavy (non-hydrogen) atoms. The van der Waals surface area contributed by atoms with E-state index in [-0.39, 0.29) is 11.3 Å². The largest absolute Gasteiger partial charge is 0.353 e. The molecular weight excluding hydrogens is 480 g/mol. The molecule has 1 amide bonds. The van der Waals surface area contributed by atoms with Gasteiger partial charge in [0, 0.05) is 51.6 Å². The highest BCUT2D eigenvalue weighted by atomic mass is 32.1. The van der Waals surface area contributed by atoms with Crippen molar-refractivity contribution in [3.8, 4) is 33.8 Å². The van der Waals surface area contributed by atoms with Crippen molar-refractivity contribution in [1.82, 2.24) is 25.1 Å². The third kappa shape index (κ3) is 4.63. The second-order valence-corrected chi connectivity index (χ2v) is 11.2. The summed E-state index contributed by atoms with van der Waals surface area (Å²) in [6.45, 7) is 6.14. The van der Waals surface area contributed by atoms with Crippen LogP contribution >= 0.6 is 11.3 Å². The number of rotatable bonds is 5. The van der Waals surface area contributed by atoms with E-state index < -0.39 is 0 Å². The Morgan fingerprint density at radius 3 is 2.62 bits per heavy atom. The van der Waals surface area contributed by atoms with Crippen LogP contribution in [-0.4, -0.2) is 31.1 Å². The fourth-order valence-electron chi connectivity index (χ4n) is 4.56. The zero-order valence-corrected chi connectivity index (χ0v) is 21.6. The highest BCUT2D eigenvalue weighted by Crippen LogP contribution is 2.35. The fourth-order valence-corrected chi connectivity index (χ4v) is 5.20. The molecule has 0 aliphatic rings. The first-order valence-electron chi connectivity index (χ1n) is 12.1. The number of anilines is 1. The van der Waals surface area contributed by atoms with E-state index in [1.165, 1.54) is 0 Å². The van der Waals surface area contributed by atoms with Crippen LogP contribution in [0.2, 0.25) is 0 Å². The third-order valence-electron chi connectivity index (χ3n) is 6.21. The number of fused-ring (bicyclic) bond motifs is 2. The van der Waals surface area contributed by atoms with Crippen LogP contribution in [0.3, 0.4) is 0 Å². The van der Waals surface area contributed by atoms with Gasteiger partial charge in [-0.25, -0.2) is 0 Å². The summed E-state index contributed by atoms with van der Waals surface area (Å²) in [6.07, 6.45) is 5.75. The van der Waals surface area contributed by atoms with Crippen LogP contribution < -0.4 is 5.32 Å². The SMILES string of the molecule is CC(C)(C)CC(=O)Nc1cncc(-c2ccc3[nH]nc(-c4cc5c(-c6ccsc6)nccc5[nH]4)c3c2)c1. The predicted octanol–water partition coefficient (Wildman–Crippen LogP) is 7.27. The summed E-state index contributed by atoms with van der Waals surface area (Å²) >= 11 is 1.66. The number of nitrogens with one attached hydrogen (secondary N) is 3. The Balaban J connectivity index is 1.36. The van der Waals surface area contributed by atoms with E-state index >= 15 is 0 Å². The average molecular weight is 507 g/mol. The maximum atomic E-state index is 12.4. The van der Waals surface area contributed by atoms with Gasteiger partial charge in [0.05, 0.1) is 28.8 Å². The van der Waals surface area contributed by atoms with E-state index in [9.17, 15) is 4.79 Å². The number of H-pyrrole nitrogens is 2. The number of thiophene rings is 1. The highest BCUT2D eigenvalue weighted by Gasteiger charge is 2.17. The Kier molecular flexibility index (Phi) is 5.61. The molecule has 5 aromatic heterocycles. The minimum absolute atomic E-state index is 0.0193. The van der Waals surface area contributed by atoms with Gasteiger partial charge in [-0.2, -0.15) is 16.4 Å². The summed E-state index contributed by atoms with van der Waals surface area (Å²) in [5.74, 6) is -0.0193. The summed E-state index contributed by atoms with van der Waals surface area (Å²) in [7, 11) is 0. The minimum Gasteiger partial charge on any atom is -0.353 e. The van der Waals surface area contributed by atoms with Crippen molar-refractivity contribution in [2.75, 3.05) is 5.32 Å². The first-order valence-corrected chi connectivity index (χ1v) is 13.0. The van der Waals surface area contributed by atoms with Crippen molar-refractivity contribution >= 4 is 44.7 Å². The third-order valence-corrected chi connectivity index (χ3v) is 6.89. The lowest BCUT2D eigenvalue weighted by atomic mass is 9.92. The smallest absolute Gasteiger partial charge is 0.224 e. The van der Waals surface area contributed by atoms with Gasteiger partial charge in [-0.15, -0.1) is 0 Å². The van der Waals surface area contributed by atoms with Crippen molar-refractivity contribution in [3.05, 3.63) is 71.8 Å². The van der Waals surface area contributed by atoms with Gasteiger partial charge in [-0.05, 0) is 52.8 Å². The predicted molar refractivity (Wildman–Crippen MR) is 150 cm³/mol. The number of amides is 1. The normalized spacial score (nSPS) is 11.9. The summed E-state index contributed by atoms with van der Waals surface area (Å²) < 4.78 is 0. The molecule has 6 aromatic rings. The van der Waals surface area contributed by atoms with Gasteiger partial charge in [0.25, 0.3) is 0 Å². The Bertz CT molecular complexity index is 1740. The van der Waals surface area contributed by atoms with Crippen LogP contribution in [0.4, 0.5) is 5.69 Å². The van der Waals surface area contributed by atoms with Crippen molar-refractivity contribution in [2.45, 2.75) is 27.2 Å². The molecule has 0 saturated carbocycles. The summed E-state index contributed by atoms with van der Waals surface area (Å²) in [4.78, 5) is 25.0. The topological polar surface area (TPSA) is 99.3 Å². The molecule has 0 saturated heterocycles. The molecule has 0 atom stereocenters. The van der Waals surface area contributed by atoms with E-state index in [0.29, 0.717) is 12.1 Å². The van der Waals surface area contributed by atoms with Gasteiger partial charge in [0.1, 0.15) is 5.69 Å². The van der Waals surface area contributed by atoms with Gasteiger partial charge in [-0.1, -0.05) is 26.8 Å². The first kappa shape index (κ1) is 23.1. The Morgan fingerprint density at radius 2 is 1.81 bits per heavy atom. The average Bonchev–Trinajstić information content (AvgIpc) is 3.61. The van der Waals surface area contributed by atoms with Crippen molar-refractivity contribution < 1.29 is 4.79 Å². The zero-order valence-electron chi connectivity index (χ0n) is 20.8. The van der Waals surface area contributed by atoms with Crippen molar-refractivity contribution in [2.24, 2.45) is 5.41 Å². The quantitative estimate of drug-likeness (QED) is 0.229. The van der Waals surface area contributed by atoms with Crippen molar-refractivity contribution in [1.29, 1.82) is 0 Å². The number of benzene rings is 1. The van der Waals surface area contributed by atoms with Gasteiger partial charge in [0.2, 0.25) is 5.91 Å². The lowest BCUT2D eigenvalue weighted by Crippen LogP contribution is -2.19. The first-order chi connectivity index (χ1) is 17.8. The lowest BCUT2D eigenvalue weighted by molar-refractivity contribution is -0.117. The molecule has 1 aromatic carbocycles. The minimum atomic E-state index is -0.0823. The summed E-state index contributed by atoms with van der Waals surface area (Å²) in [5, 5.41) is 17.0. The zero-order chi connectivity index (χ0) is 25.6. The van der Waals surface area contributed by atoms with Gasteiger partial charge in [-0.3, -0.25) is 19.9 Å². The summed E-state index contributed by atoms with van der Waals surface area (Å²) in [5.41, 5.74) is 8.29. The number of hydrogen-bond donors (Lipinski definition) is 3. The molecule has 0 fully saturated rings. The number of carbonyl (C=O) groups is 1. The molecule has 3 N–H and O–H groups in total. The van der Waals surface area contributed by atoms with Crippen molar-refractivity contribution in [3.63, 3.8) is 0 Å². The van der Waals surface area contributed by atoms with E-state index in [1.54, 1.807) is 17.5 Å².